The zero-order chi connectivity index (χ0) is 15.7. The summed E-state index contributed by atoms with van der Waals surface area (Å²) in [5.41, 5.74) is -0.0978. The number of para-hydroxylation sites is 1. The number of nitrogens with zero attached hydrogens (tertiary/aromatic N) is 3. The van der Waals surface area contributed by atoms with Crippen LogP contribution in [0, 0.1) is 5.92 Å². The minimum absolute atomic E-state index is 0.141. The SMILES string of the molecule is CC1CCN(C(=O)n2c3ccccc3c(=O)n2OC=O)CC1. The van der Waals surface area contributed by atoms with Crippen LogP contribution in [0.5, 0.6) is 0 Å². The molecule has 1 aromatic carbocycles. The molecule has 1 saturated heterocycles. The Labute approximate surface area is 126 Å². The summed E-state index contributed by atoms with van der Waals surface area (Å²) in [6.07, 6.45) is 1.84. The average molecular weight is 303 g/mol. The molecule has 0 N–H and O–H groups in total. The monoisotopic (exact) mass is 303 g/mol. The predicted molar refractivity (Wildman–Crippen MR) is 79.6 cm³/mol. The molecule has 0 atom stereocenters. The Balaban J connectivity index is 2.08. The van der Waals surface area contributed by atoms with Crippen LogP contribution in [0.3, 0.4) is 0 Å². The molecule has 1 aliphatic heterocycles. The van der Waals surface area contributed by atoms with Crippen molar-refractivity contribution < 1.29 is 14.4 Å². The Bertz CT molecular complexity index is 769. The fraction of sp³-hybridized carbons (Fsp3) is 0.400. The number of likely N-dealkylation sites (tertiary alicyclic amines) is 1. The van der Waals surface area contributed by atoms with Crippen molar-refractivity contribution in [3.05, 3.63) is 34.6 Å². The zero-order valence-corrected chi connectivity index (χ0v) is 12.3. The number of hydrogen-bond donors (Lipinski definition) is 0. The quantitative estimate of drug-likeness (QED) is 0.778. The van der Waals surface area contributed by atoms with Gasteiger partial charge in [0.25, 0.3) is 0 Å². The van der Waals surface area contributed by atoms with E-state index in [0.717, 1.165) is 22.4 Å². The van der Waals surface area contributed by atoms with Crippen molar-refractivity contribution in [1.82, 2.24) is 14.4 Å². The highest BCUT2D eigenvalue weighted by molar-refractivity contribution is 5.90. The smallest absolute Gasteiger partial charge is 0.323 e. The molecule has 1 aromatic heterocycles. The van der Waals surface area contributed by atoms with Crippen LogP contribution in [-0.2, 0) is 4.79 Å². The number of rotatable bonds is 2. The van der Waals surface area contributed by atoms with Gasteiger partial charge in [-0.3, -0.25) is 9.59 Å². The second-order valence-electron chi connectivity index (χ2n) is 5.56. The van der Waals surface area contributed by atoms with E-state index in [9.17, 15) is 14.4 Å². The van der Waals surface area contributed by atoms with Gasteiger partial charge in [0.05, 0.1) is 10.9 Å². The number of aromatic nitrogens is 2. The molecule has 1 amide bonds. The molecule has 7 heteroatoms. The van der Waals surface area contributed by atoms with Crippen LogP contribution in [0.15, 0.2) is 29.1 Å². The first-order valence-corrected chi connectivity index (χ1v) is 7.26. The molecule has 0 unspecified atom stereocenters. The molecule has 1 aliphatic rings. The third-order valence-electron chi connectivity index (χ3n) is 4.10. The lowest BCUT2D eigenvalue weighted by Gasteiger charge is -2.30. The van der Waals surface area contributed by atoms with E-state index in [4.69, 9.17) is 4.84 Å². The molecule has 0 radical (unpaired) electrons. The van der Waals surface area contributed by atoms with Crippen molar-refractivity contribution in [2.45, 2.75) is 19.8 Å². The molecule has 116 valence electrons. The van der Waals surface area contributed by atoms with Crippen molar-refractivity contribution in [1.29, 1.82) is 0 Å². The summed E-state index contributed by atoms with van der Waals surface area (Å²) in [6, 6.07) is 6.34. The van der Waals surface area contributed by atoms with E-state index in [1.54, 1.807) is 29.2 Å². The van der Waals surface area contributed by atoms with Crippen LogP contribution in [0.4, 0.5) is 4.79 Å². The number of piperidine rings is 1. The number of carbonyl (C=O) groups is 2. The molecule has 2 aromatic rings. The van der Waals surface area contributed by atoms with Crippen molar-refractivity contribution in [2.75, 3.05) is 13.1 Å². The van der Waals surface area contributed by atoms with Crippen molar-refractivity contribution in [3.8, 4) is 0 Å². The molecule has 0 saturated carbocycles. The number of fused-ring (bicyclic) bond motifs is 1. The van der Waals surface area contributed by atoms with Gasteiger partial charge in [0, 0.05) is 13.1 Å². The van der Waals surface area contributed by atoms with E-state index >= 15 is 0 Å². The predicted octanol–water partition coefficient (Wildman–Crippen LogP) is 1.09. The third kappa shape index (κ3) is 2.28. The van der Waals surface area contributed by atoms with Gasteiger partial charge in [0.2, 0.25) is 0 Å². The number of carbonyl (C=O) groups excluding carboxylic acids is 2. The van der Waals surface area contributed by atoms with Gasteiger partial charge in [-0.1, -0.05) is 23.9 Å². The van der Waals surface area contributed by atoms with E-state index in [0.29, 0.717) is 29.9 Å². The van der Waals surface area contributed by atoms with Crippen LogP contribution in [0.1, 0.15) is 19.8 Å². The summed E-state index contributed by atoms with van der Waals surface area (Å²) in [6.45, 7) is 3.55. The first kappa shape index (κ1) is 14.4. The van der Waals surface area contributed by atoms with Crippen LogP contribution >= 0.6 is 0 Å². The summed E-state index contributed by atoms with van der Waals surface area (Å²) in [4.78, 5) is 42.8. The summed E-state index contributed by atoms with van der Waals surface area (Å²) >= 11 is 0. The summed E-state index contributed by atoms with van der Waals surface area (Å²) in [7, 11) is 0. The number of hydrogen-bond acceptors (Lipinski definition) is 4. The van der Waals surface area contributed by atoms with Crippen LogP contribution in [-0.4, -0.2) is 40.0 Å². The van der Waals surface area contributed by atoms with E-state index in [2.05, 4.69) is 6.92 Å². The van der Waals surface area contributed by atoms with Gasteiger partial charge in [0.1, 0.15) is 0 Å². The van der Waals surface area contributed by atoms with Crippen LogP contribution in [0.2, 0.25) is 0 Å². The minimum Gasteiger partial charge on any atom is -0.323 e. The third-order valence-corrected chi connectivity index (χ3v) is 4.10. The van der Waals surface area contributed by atoms with Crippen LogP contribution < -0.4 is 10.4 Å². The van der Waals surface area contributed by atoms with E-state index in [1.165, 1.54) is 0 Å². The second kappa shape index (κ2) is 5.67. The fourth-order valence-electron chi connectivity index (χ4n) is 2.78. The molecular weight excluding hydrogens is 286 g/mol. The number of benzene rings is 1. The largest absolute Gasteiger partial charge is 0.346 e. The summed E-state index contributed by atoms with van der Waals surface area (Å²) in [5.74, 6) is 0.582. The summed E-state index contributed by atoms with van der Waals surface area (Å²) in [5, 5.41) is 0.336. The molecule has 0 bridgehead atoms. The standard InChI is InChI=1S/C15H17N3O4/c1-11-6-8-16(9-7-11)15(21)17-13-5-3-2-4-12(13)14(20)18(17)22-10-19/h2-5,10-11H,6-9H2,1H3. The van der Waals surface area contributed by atoms with Crippen molar-refractivity contribution >= 4 is 23.4 Å². The fourth-order valence-corrected chi connectivity index (χ4v) is 2.78. The highest BCUT2D eigenvalue weighted by Crippen LogP contribution is 2.18. The van der Waals surface area contributed by atoms with Gasteiger partial charge in [-0.25, -0.2) is 4.79 Å². The molecule has 0 aliphatic carbocycles. The zero-order valence-electron chi connectivity index (χ0n) is 12.3. The highest BCUT2D eigenvalue weighted by atomic mass is 16.7. The highest BCUT2D eigenvalue weighted by Gasteiger charge is 2.26. The molecule has 7 nitrogen and oxygen atoms in total. The lowest BCUT2D eigenvalue weighted by molar-refractivity contribution is -0.131. The summed E-state index contributed by atoms with van der Waals surface area (Å²) < 4.78 is 1.13. The van der Waals surface area contributed by atoms with Gasteiger partial charge >= 0.3 is 18.1 Å². The molecule has 3 rings (SSSR count). The maximum Gasteiger partial charge on any atom is 0.346 e. The van der Waals surface area contributed by atoms with Gasteiger partial charge in [-0.05, 0) is 30.9 Å². The molecular formula is C15H17N3O4. The van der Waals surface area contributed by atoms with Gasteiger partial charge in [0.15, 0.2) is 0 Å². The van der Waals surface area contributed by atoms with Gasteiger partial charge in [-0.2, -0.15) is 4.68 Å². The maximum atomic E-state index is 12.8. The molecule has 1 fully saturated rings. The Morgan fingerprint density at radius 1 is 1.27 bits per heavy atom. The average Bonchev–Trinajstić information content (AvgIpc) is 2.81. The first-order chi connectivity index (χ1) is 10.6. The minimum atomic E-state index is -0.526. The Morgan fingerprint density at radius 2 is 1.95 bits per heavy atom. The van der Waals surface area contributed by atoms with Crippen molar-refractivity contribution in [2.24, 2.45) is 5.92 Å². The van der Waals surface area contributed by atoms with Crippen LogP contribution in [0.25, 0.3) is 10.9 Å². The molecule has 22 heavy (non-hydrogen) atoms. The van der Waals surface area contributed by atoms with Gasteiger partial charge < -0.3 is 9.74 Å². The molecule has 2 heterocycles. The Hall–Kier alpha value is -2.57. The maximum absolute atomic E-state index is 12.8. The first-order valence-electron chi connectivity index (χ1n) is 7.26. The normalized spacial score (nSPS) is 16.0. The second-order valence-corrected chi connectivity index (χ2v) is 5.56. The topological polar surface area (TPSA) is 73.5 Å². The van der Waals surface area contributed by atoms with Crippen molar-refractivity contribution in [3.63, 3.8) is 0 Å². The van der Waals surface area contributed by atoms with E-state index in [1.807, 2.05) is 0 Å². The Morgan fingerprint density at radius 3 is 2.64 bits per heavy atom. The van der Waals surface area contributed by atoms with Gasteiger partial charge in [-0.15, -0.1) is 0 Å². The Kier molecular flexibility index (Phi) is 3.70. The number of amides is 1. The lowest BCUT2D eigenvalue weighted by Crippen LogP contribution is -2.44. The van der Waals surface area contributed by atoms with E-state index in [-0.39, 0.29) is 12.5 Å². The van der Waals surface area contributed by atoms with E-state index < -0.39 is 5.56 Å². The lowest BCUT2D eigenvalue weighted by atomic mass is 10.00. The molecule has 0 spiro atoms.